The lowest BCUT2D eigenvalue weighted by molar-refractivity contribution is -0.123. The summed E-state index contributed by atoms with van der Waals surface area (Å²) in [4.78, 5) is 28.6. The number of ether oxygens (including phenoxy) is 3. The average Bonchev–Trinajstić information content (AvgIpc) is 3.38. The first kappa shape index (κ1) is 28.2. The third-order valence-electron chi connectivity index (χ3n) is 5.42. The van der Waals surface area contributed by atoms with Gasteiger partial charge in [-0.25, -0.2) is 5.43 Å². The molecular weight excluding hydrogens is 490 g/mol. The molecule has 2 aromatic carbocycles. The second-order valence-corrected chi connectivity index (χ2v) is 9.48. The van der Waals surface area contributed by atoms with Crippen molar-refractivity contribution < 1.29 is 28.3 Å². The highest BCUT2D eigenvalue weighted by atomic mass is 16.5. The second kappa shape index (κ2) is 12.7. The Bertz CT molecular complexity index is 1280. The highest BCUT2D eigenvalue weighted by Gasteiger charge is 2.14. The van der Waals surface area contributed by atoms with Crippen molar-refractivity contribution in [2.24, 2.45) is 5.10 Å². The van der Waals surface area contributed by atoms with Crippen molar-refractivity contribution in [1.82, 2.24) is 20.9 Å². The number of nitrogens with zero attached hydrogens (tertiary/aromatic N) is 3. The molecule has 0 bridgehead atoms. The Morgan fingerprint density at radius 3 is 2.37 bits per heavy atom. The van der Waals surface area contributed by atoms with Gasteiger partial charge in [-0.2, -0.15) is 10.1 Å². The Labute approximate surface area is 221 Å². The van der Waals surface area contributed by atoms with Crippen molar-refractivity contribution >= 4 is 17.5 Å². The fourth-order valence-corrected chi connectivity index (χ4v) is 3.32. The number of rotatable bonds is 11. The van der Waals surface area contributed by atoms with Crippen LogP contribution in [0.1, 0.15) is 45.6 Å². The summed E-state index contributed by atoms with van der Waals surface area (Å²) >= 11 is 0. The summed E-state index contributed by atoms with van der Waals surface area (Å²) in [6.07, 6.45) is -0.0218. The molecule has 3 rings (SSSR count). The third-order valence-corrected chi connectivity index (χ3v) is 5.42. The van der Waals surface area contributed by atoms with Crippen LogP contribution in [0, 0.1) is 0 Å². The van der Waals surface area contributed by atoms with Crippen LogP contribution in [0.4, 0.5) is 0 Å². The monoisotopic (exact) mass is 523 g/mol. The predicted molar refractivity (Wildman–Crippen MR) is 141 cm³/mol. The molecule has 2 N–H and O–H groups in total. The summed E-state index contributed by atoms with van der Waals surface area (Å²) in [5.74, 6) is 1.54. The maximum Gasteiger partial charge on any atom is 0.277 e. The lowest BCUT2D eigenvalue weighted by atomic mass is 9.87. The molecule has 0 aliphatic rings. The van der Waals surface area contributed by atoms with Gasteiger partial charge in [0.2, 0.25) is 17.6 Å². The van der Waals surface area contributed by atoms with Crippen molar-refractivity contribution in [3.63, 3.8) is 0 Å². The standard InChI is InChI=1S/C27H33N5O6/c1-17(30-31-24(34)16-37-20-10-8-19(9-11-20)27(2,3)4)13-23(33)28-15-25-29-26(32-38-25)18-7-12-21(35-5)22(14-18)36-6/h7-12,14H,13,15-16H2,1-6H3,(H,28,33)(H,31,34)/b30-17+. The van der Waals surface area contributed by atoms with Crippen molar-refractivity contribution in [1.29, 1.82) is 0 Å². The first-order valence-electron chi connectivity index (χ1n) is 12.0. The highest BCUT2D eigenvalue weighted by molar-refractivity contribution is 6.00. The van der Waals surface area contributed by atoms with Gasteiger partial charge in [0, 0.05) is 11.3 Å². The van der Waals surface area contributed by atoms with Gasteiger partial charge < -0.3 is 24.1 Å². The first-order valence-corrected chi connectivity index (χ1v) is 12.0. The molecular formula is C27H33N5O6. The first-order chi connectivity index (χ1) is 18.1. The highest BCUT2D eigenvalue weighted by Crippen LogP contribution is 2.31. The van der Waals surface area contributed by atoms with E-state index in [1.54, 1.807) is 32.2 Å². The van der Waals surface area contributed by atoms with Crippen LogP contribution in [-0.2, 0) is 21.5 Å². The number of carbonyl (C=O) groups excluding carboxylic acids is 2. The molecule has 0 radical (unpaired) electrons. The zero-order chi connectivity index (χ0) is 27.7. The lowest BCUT2D eigenvalue weighted by Gasteiger charge is -2.19. The molecule has 0 saturated heterocycles. The Kier molecular flexibility index (Phi) is 9.42. The van der Waals surface area contributed by atoms with Crippen LogP contribution in [0.2, 0.25) is 0 Å². The molecule has 0 atom stereocenters. The normalized spacial score (nSPS) is 11.6. The van der Waals surface area contributed by atoms with E-state index in [9.17, 15) is 9.59 Å². The molecule has 202 valence electrons. The summed E-state index contributed by atoms with van der Waals surface area (Å²) in [5.41, 5.74) is 4.69. The Morgan fingerprint density at radius 1 is 1.00 bits per heavy atom. The minimum absolute atomic E-state index is 0.0218. The van der Waals surface area contributed by atoms with Crippen LogP contribution in [0.5, 0.6) is 17.2 Å². The molecule has 0 saturated carbocycles. The minimum Gasteiger partial charge on any atom is -0.493 e. The van der Waals surface area contributed by atoms with Crippen molar-refractivity contribution in [3.05, 3.63) is 53.9 Å². The van der Waals surface area contributed by atoms with Crippen LogP contribution >= 0.6 is 0 Å². The molecule has 1 aromatic heterocycles. The molecule has 0 spiro atoms. The van der Waals surface area contributed by atoms with Crippen LogP contribution in [0.3, 0.4) is 0 Å². The van der Waals surface area contributed by atoms with Gasteiger partial charge >= 0.3 is 0 Å². The molecule has 2 amide bonds. The van der Waals surface area contributed by atoms with Crippen LogP contribution in [-0.4, -0.2) is 48.5 Å². The summed E-state index contributed by atoms with van der Waals surface area (Å²) < 4.78 is 21.2. The molecule has 0 fully saturated rings. The lowest BCUT2D eigenvalue weighted by Crippen LogP contribution is -2.28. The fourth-order valence-electron chi connectivity index (χ4n) is 3.32. The zero-order valence-electron chi connectivity index (χ0n) is 22.5. The van der Waals surface area contributed by atoms with Crippen molar-refractivity contribution in [2.75, 3.05) is 20.8 Å². The summed E-state index contributed by atoms with van der Waals surface area (Å²) in [6, 6.07) is 12.8. The second-order valence-electron chi connectivity index (χ2n) is 9.48. The van der Waals surface area contributed by atoms with Gasteiger partial charge in [0.05, 0.1) is 27.2 Å². The zero-order valence-corrected chi connectivity index (χ0v) is 22.5. The van der Waals surface area contributed by atoms with Crippen LogP contribution in [0.25, 0.3) is 11.4 Å². The Morgan fingerprint density at radius 2 is 1.71 bits per heavy atom. The van der Waals surface area contributed by atoms with E-state index in [0.717, 1.165) is 0 Å². The number of hydrazone groups is 1. The molecule has 11 nitrogen and oxygen atoms in total. The van der Waals surface area contributed by atoms with Gasteiger partial charge in [-0.05, 0) is 48.2 Å². The van der Waals surface area contributed by atoms with Crippen LogP contribution < -0.4 is 25.0 Å². The van der Waals surface area contributed by atoms with Gasteiger partial charge in [-0.15, -0.1) is 0 Å². The predicted octanol–water partition coefficient (Wildman–Crippen LogP) is 3.63. The van der Waals surface area contributed by atoms with Crippen molar-refractivity contribution in [3.8, 4) is 28.6 Å². The van der Waals surface area contributed by atoms with E-state index in [1.807, 2.05) is 24.3 Å². The van der Waals surface area contributed by atoms with Crippen molar-refractivity contribution in [2.45, 2.75) is 46.1 Å². The molecule has 0 aliphatic carbocycles. The fraction of sp³-hybridized carbons (Fsp3) is 0.370. The SMILES string of the molecule is COc1ccc(-c2noc(CNC(=O)C/C(C)=N/NC(=O)COc3ccc(C(C)(C)C)cc3)n2)cc1OC. The Balaban J connectivity index is 1.42. The molecule has 11 heteroatoms. The maximum absolute atomic E-state index is 12.3. The molecule has 3 aromatic rings. The number of amides is 2. The third kappa shape index (κ3) is 8.05. The quantitative estimate of drug-likeness (QED) is 0.287. The number of aromatic nitrogens is 2. The van der Waals surface area contributed by atoms with Crippen LogP contribution in [0.15, 0.2) is 52.1 Å². The average molecular weight is 524 g/mol. The van der Waals surface area contributed by atoms with Gasteiger partial charge in [0.1, 0.15) is 5.75 Å². The number of benzene rings is 2. The molecule has 1 heterocycles. The summed E-state index contributed by atoms with van der Waals surface area (Å²) in [7, 11) is 3.09. The topological polar surface area (TPSA) is 137 Å². The van der Waals surface area contributed by atoms with E-state index < -0.39 is 5.91 Å². The van der Waals surface area contributed by atoms with E-state index in [-0.39, 0.29) is 36.8 Å². The van der Waals surface area contributed by atoms with Gasteiger partial charge in [0.15, 0.2) is 18.1 Å². The van der Waals surface area contributed by atoms with Gasteiger partial charge in [0.25, 0.3) is 5.91 Å². The molecule has 0 unspecified atom stereocenters. The number of nitrogens with one attached hydrogen (secondary N) is 2. The summed E-state index contributed by atoms with van der Waals surface area (Å²) in [6.45, 7) is 7.85. The number of hydrogen-bond acceptors (Lipinski definition) is 9. The number of methoxy groups -OCH3 is 2. The maximum atomic E-state index is 12.3. The van der Waals surface area contributed by atoms with E-state index in [2.05, 4.69) is 46.8 Å². The van der Waals surface area contributed by atoms with E-state index in [4.69, 9.17) is 18.7 Å². The van der Waals surface area contributed by atoms with E-state index in [1.165, 1.54) is 12.7 Å². The largest absolute Gasteiger partial charge is 0.493 e. The molecule has 0 aliphatic heterocycles. The van der Waals surface area contributed by atoms with Gasteiger partial charge in [-0.1, -0.05) is 38.1 Å². The van der Waals surface area contributed by atoms with E-state index >= 15 is 0 Å². The summed E-state index contributed by atoms with van der Waals surface area (Å²) in [5, 5.41) is 10.6. The smallest absolute Gasteiger partial charge is 0.277 e. The number of hydrogen-bond donors (Lipinski definition) is 2. The van der Waals surface area contributed by atoms with Gasteiger partial charge in [-0.3, -0.25) is 9.59 Å². The molecule has 38 heavy (non-hydrogen) atoms. The number of carbonyl (C=O) groups is 2. The minimum atomic E-state index is -0.432. The Hall–Kier alpha value is -4.41. The van der Waals surface area contributed by atoms with E-state index in [0.29, 0.717) is 34.3 Å².